The van der Waals surface area contributed by atoms with Crippen molar-refractivity contribution in [2.24, 2.45) is 0 Å². The van der Waals surface area contributed by atoms with E-state index in [-0.39, 0.29) is 5.76 Å². The van der Waals surface area contributed by atoms with Crippen LogP contribution in [0, 0.1) is 0 Å². The van der Waals surface area contributed by atoms with Crippen LogP contribution in [0.4, 0.5) is 0 Å². The zero-order chi connectivity index (χ0) is 19.3. The van der Waals surface area contributed by atoms with E-state index in [1.165, 1.54) is 57.8 Å². The first kappa shape index (κ1) is 24.5. The number of allylic oxidation sites excluding steroid dienone is 8. The van der Waals surface area contributed by atoms with E-state index in [2.05, 4.69) is 13.5 Å². The minimum atomic E-state index is -0.747. The topological polar surface area (TPSA) is 40.5 Å². The fraction of sp³-hybridized carbons (Fsp3) is 0.583. The van der Waals surface area contributed by atoms with Gasteiger partial charge in [-0.05, 0) is 12.5 Å². The second-order valence-electron chi connectivity index (χ2n) is 6.82. The molecule has 1 atom stereocenters. The van der Waals surface area contributed by atoms with Gasteiger partial charge in [0.2, 0.25) is 0 Å². The Morgan fingerprint density at radius 1 is 0.731 bits per heavy atom. The van der Waals surface area contributed by atoms with Crippen LogP contribution in [-0.2, 0) is 0 Å². The third kappa shape index (κ3) is 17.3. The number of hydrogen-bond donors (Lipinski definition) is 2. The Morgan fingerprint density at radius 3 is 1.73 bits per heavy atom. The summed E-state index contributed by atoms with van der Waals surface area (Å²) in [7, 11) is 0. The van der Waals surface area contributed by atoms with Crippen LogP contribution in [0.25, 0.3) is 0 Å². The minimum Gasteiger partial charge on any atom is -0.510 e. The molecule has 0 saturated heterocycles. The van der Waals surface area contributed by atoms with Crippen LogP contribution in [0.5, 0.6) is 0 Å². The van der Waals surface area contributed by atoms with Gasteiger partial charge in [0, 0.05) is 0 Å². The van der Waals surface area contributed by atoms with Crippen LogP contribution in [0.15, 0.2) is 60.9 Å². The second kappa shape index (κ2) is 19.8. The number of hydrogen-bond acceptors (Lipinski definition) is 2. The Hall–Kier alpha value is -1.54. The molecule has 0 rings (SSSR count). The first-order chi connectivity index (χ1) is 12.7. The van der Waals surface area contributed by atoms with Crippen LogP contribution < -0.4 is 0 Å². The standard InChI is InChI=1S/C24H40O2/c1-3-5-7-9-11-12-13-14-16-18-20-22-24(26)23(25)21-19-17-15-10-8-6-4-2/h4,6,8,10,15,17,19,21,24-26H,2-3,5,7,9,11-14,16,18,20,22H2,1H3/b8-6+,15-10+,19-17+,23-21-. The van der Waals surface area contributed by atoms with Crippen molar-refractivity contribution in [3.63, 3.8) is 0 Å². The highest BCUT2D eigenvalue weighted by Gasteiger charge is 2.07. The SMILES string of the molecule is C=C/C=C/C=C/C=C/C=C(\O)C(O)CCCCCCCCCCCCC. The average Bonchev–Trinajstić information content (AvgIpc) is 2.65. The summed E-state index contributed by atoms with van der Waals surface area (Å²) in [4.78, 5) is 0. The molecule has 148 valence electrons. The van der Waals surface area contributed by atoms with Crippen LogP contribution >= 0.6 is 0 Å². The Balaban J connectivity index is 3.62. The van der Waals surface area contributed by atoms with Crippen LogP contribution in [0.3, 0.4) is 0 Å². The molecule has 0 aromatic rings. The summed E-state index contributed by atoms with van der Waals surface area (Å²) in [5.41, 5.74) is 0. The van der Waals surface area contributed by atoms with Gasteiger partial charge in [-0.2, -0.15) is 0 Å². The number of aliphatic hydroxyl groups excluding tert-OH is 2. The molecule has 1 unspecified atom stereocenters. The molecule has 0 aliphatic carbocycles. The minimum absolute atomic E-state index is 0.0448. The van der Waals surface area contributed by atoms with Crippen LogP contribution in [0.1, 0.15) is 84.0 Å². The van der Waals surface area contributed by atoms with Gasteiger partial charge >= 0.3 is 0 Å². The Kier molecular flexibility index (Phi) is 18.6. The summed E-state index contributed by atoms with van der Waals surface area (Å²) >= 11 is 0. The Bertz CT molecular complexity index is 429. The van der Waals surface area contributed by atoms with Gasteiger partial charge in [0.1, 0.15) is 11.9 Å². The molecule has 2 nitrogen and oxygen atoms in total. The second-order valence-corrected chi connectivity index (χ2v) is 6.82. The molecule has 0 amide bonds. The van der Waals surface area contributed by atoms with Crippen molar-refractivity contribution in [3.05, 3.63) is 60.9 Å². The summed E-state index contributed by atoms with van der Waals surface area (Å²) in [6.07, 6.45) is 28.3. The summed E-state index contributed by atoms with van der Waals surface area (Å²) in [5, 5.41) is 19.8. The van der Waals surface area contributed by atoms with Crippen LogP contribution in [-0.4, -0.2) is 16.3 Å². The van der Waals surface area contributed by atoms with E-state index < -0.39 is 6.10 Å². The van der Waals surface area contributed by atoms with E-state index in [0.717, 1.165) is 12.8 Å². The van der Waals surface area contributed by atoms with Crippen molar-refractivity contribution >= 4 is 0 Å². The molecule has 0 aromatic carbocycles. The summed E-state index contributed by atoms with van der Waals surface area (Å²) in [6, 6.07) is 0. The summed E-state index contributed by atoms with van der Waals surface area (Å²) < 4.78 is 0. The van der Waals surface area contributed by atoms with Gasteiger partial charge in [0.05, 0.1) is 0 Å². The Labute approximate surface area is 161 Å². The molecule has 2 N–H and O–H groups in total. The molecule has 0 radical (unpaired) electrons. The summed E-state index contributed by atoms with van der Waals surface area (Å²) in [5.74, 6) is 0.0448. The van der Waals surface area contributed by atoms with Crippen molar-refractivity contribution in [1.29, 1.82) is 0 Å². The molecule has 0 aromatic heterocycles. The van der Waals surface area contributed by atoms with Crippen molar-refractivity contribution in [1.82, 2.24) is 0 Å². The molecule has 0 spiro atoms. The van der Waals surface area contributed by atoms with Crippen molar-refractivity contribution in [2.45, 2.75) is 90.1 Å². The maximum absolute atomic E-state index is 9.94. The van der Waals surface area contributed by atoms with Crippen molar-refractivity contribution in [3.8, 4) is 0 Å². The largest absolute Gasteiger partial charge is 0.510 e. The van der Waals surface area contributed by atoms with Gasteiger partial charge in [-0.25, -0.2) is 0 Å². The highest BCUT2D eigenvalue weighted by atomic mass is 16.3. The van der Waals surface area contributed by atoms with Gasteiger partial charge in [-0.1, -0.05) is 127 Å². The van der Waals surface area contributed by atoms with E-state index in [4.69, 9.17) is 0 Å². The predicted octanol–water partition coefficient (Wildman–Crippen LogP) is 7.34. The molecule has 0 heterocycles. The quantitative estimate of drug-likeness (QED) is 0.162. The van der Waals surface area contributed by atoms with E-state index in [9.17, 15) is 10.2 Å². The maximum Gasteiger partial charge on any atom is 0.121 e. The smallest absolute Gasteiger partial charge is 0.121 e. The van der Waals surface area contributed by atoms with Crippen LogP contribution in [0.2, 0.25) is 0 Å². The lowest BCUT2D eigenvalue weighted by atomic mass is 10.0. The number of unbranched alkanes of at least 4 members (excludes halogenated alkanes) is 10. The van der Waals surface area contributed by atoms with E-state index in [1.54, 1.807) is 18.2 Å². The fourth-order valence-corrected chi connectivity index (χ4v) is 2.75. The monoisotopic (exact) mass is 360 g/mol. The normalized spacial score (nSPS) is 14.0. The number of aliphatic hydroxyl groups is 2. The lowest BCUT2D eigenvalue weighted by Crippen LogP contribution is -2.09. The molecule has 0 fully saturated rings. The Morgan fingerprint density at radius 2 is 1.19 bits per heavy atom. The highest BCUT2D eigenvalue weighted by Crippen LogP contribution is 2.14. The maximum atomic E-state index is 9.94. The zero-order valence-electron chi connectivity index (χ0n) is 16.8. The lowest BCUT2D eigenvalue weighted by Gasteiger charge is -2.09. The van der Waals surface area contributed by atoms with Crippen molar-refractivity contribution in [2.75, 3.05) is 0 Å². The van der Waals surface area contributed by atoms with Gasteiger partial charge in [0.25, 0.3) is 0 Å². The molecule has 0 saturated carbocycles. The van der Waals surface area contributed by atoms with E-state index in [1.807, 2.05) is 30.4 Å². The third-order valence-electron chi connectivity index (χ3n) is 4.38. The molecular weight excluding hydrogens is 320 g/mol. The average molecular weight is 361 g/mol. The van der Waals surface area contributed by atoms with Gasteiger partial charge in [-0.3, -0.25) is 0 Å². The highest BCUT2D eigenvalue weighted by molar-refractivity contribution is 5.18. The van der Waals surface area contributed by atoms with Gasteiger partial charge in [0.15, 0.2) is 0 Å². The summed E-state index contributed by atoms with van der Waals surface area (Å²) in [6.45, 7) is 5.84. The molecule has 0 aliphatic heterocycles. The van der Waals surface area contributed by atoms with Gasteiger partial charge in [-0.15, -0.1) is 0 Å². The molecular formula is C24H40O2. The lowest BCUT2D eigenvalue weighted by molar-refractivity contribution is 0.141. The molecule has 26 heavy (non-hydrogen) atoms. The third-order valence-corrected chi connectivity index (χ3v) is 4.38. The molecule has 2 heteroatoms. The predicted molar refractivity (Wildman–Crippen MR) is 115 cm³/mol. The first-order valence-corrected chi connectivity index (χ1v) is 10.4. The number of rotatable bonds is 17. The molecule has 0 bridgehead atoms. The fourth-order valence-electron chi connectivity index (χ4n) is 2.75. The zero-order valence-corrected chi connectivity index (χ0v) is 16.8. The van der Waals surface area contributed by atoms with Gasteiger partial charge < -0.3 is 10.2 Å². The first-order valence-electron chi connectivity index (χ1n) is 10.4. The van der Waals surface area contributed by atoms with E-state index >= 15 is 0 Å². The van der Waals surface area contributed by atoms with E-state index in [0.29, 0.717) is 6.42 Å². The van der Waals surface area contributed by atoms with Crippen molar-refractivity contribution < 1.29 is 10.2 Å². The molecule has 0 aliphatic rings.